The largest absolute Gasteiger partial charge is 0.486 e. The third kappa shape index (κ3) is 3.80. The van der Waals surface area contributed by atoms with Gasteiger partial charge in [-0.25, -0.2) is 5.84 Å². The molecule has 0 aliphatic carbocycles. The number of nitro groups is 1. The fourth-order valence-corrected chi connectivity index (χ4v) is 1.44. The lowest BCUT2D eigenvalue weighted by molar-refractivity contribution is -0.385. The average molecular weight is 288 g/mol. The van der Waals surface area contributed by atoms with Gasteiger partial charge < -0.3 is 4.74 Å². The number of benzene rings is 1. The molecule has 0 spiro atoms. The zero-order valence-electron chi connectivity index (χ0n) is 10.5. The number of hydrogen-bond donors (Lipinski definition) is 2. The summed E-state index contributed by atoms with van der Waals surface area (Å²) in [4.78, 5) is 21.7. The van der Waals surface area contributed by atoms with Gasteiger partial charge in [0.25, 0.3) is 0 Å². The van der Waals surface area contributed by atoms with E-state index in [4.69, 9.17) is 22.2 Å². The van der Waals surface area contributed by atoms with Crippen LogP contribution in [0.4, 0.5) is 5.69 Å². The minimum Gasteiger partial charge on any atom is -0.486 e. The predicted molar refractivity (Wildman–Crippen MR) is 69.7 cm³/mol. The van der Waals surface area contributed by atoms with E-state index in [0.717, 1.165) is 0 Å². The van der Waals surface area contributed by atoms with E-state index < -0.39 is 16.2 Å². The standard InChI is InChI=1S/C11H14ClN3O4/c1-11(2,10(16)14-13)6-19-9-5-7(12)3-4-8(9)15(17)18/h3-5H,6,13H2,1-2H3,(H,14,16). The molecule has 0 atom stereocenters. The van der Waals surface area contributed by atoms with Crippen molar-refractivity contribution in [2.75, 3.05) is 6.61 Å². The molecule has 8 heteroatoms. The molecule has 19 heavy (non-hydrogen) atoms. The van der Waals surface area contributed by atoms with E-state index in [0.29, 0.717) is 5.02 Å². The van der Waals surface area contributed by atoms with Crippen molar-refractivity contribution < 1.29 is 14.5 Å². The molecule has 1 aromatic carbocycles. The van der Waals surface area contributed by atoms with E-state index in [-0.39, 0.29) is 18.0 Å². The van der Waals surface area contributed by atoms with Gasteiger partial charge in [-0.3, -0.25) is 20.3 Å². The molecule has 0 aliphatic heterocycles. The third-order valence-electron chi connectivity index (χ3n) is 2.45. The molecule has 0 bridgehead atoms. The van der Waals surface area contributed by atoms with E-state index in [1.807, 2.05) is 5.43 Å². The monoisotopic (exact) mass is 287 g/mol. The lowest BCUT2D eigenvalue weighted by Crippen LogP contribution is -2.44. The molecule has 1 rings (SSSR count). The number of carbonyl (C=O) groups excluding carboxylic acids is 1. The van der Waals surface area contributed by atoms with Crippen LogP contribution in [0.1, 0.15) is 13.8 Å². The molecular formula is C11H14ClN3O4. The van der Waals surface area contributed by atoms with Crippen molar-refractivity contribution in [1.29, 1.82) is 0 Å². The van der Waals surface area contributed by atoms with Gasteiger partial charge in [-0.05, 0) is 19.9 Å². The lowest BCUT2D eigenvalue weighted by atomic mass is 9.94. The van der Waals surface area contributed by atoms with E-state index in [1.165, 1.54) is 18.2 Å². The highest BCUT2D eigenvalue weighted by Gasteiger charge is 2.29. The van der Waals surface area contributed by atoms with Gasteiger partial charge in [0.2, 0.25) is 5.91 Å². The van der Waals surface area contributed by atoms with Gasteiger partial charge in [0.05, 0.1) is 10.3 Å². The van der Waals surface area contributed by atoms with Gasteiger partial charge in [0.15, 0.2) is 5.75 Å². The molecule has 0 saturated heterocycles. The zero-order valence-corrected chi connectivity index (χ0v) is 11.2. The SMILES string of the molecule is CC(C)(COc1cc(Cl)ccc1[N+](=O)[O-])C(=O)NN. The Hall–Kier alpha value is -1.86. The van der Waals surface area contributed by atoms with Crippen molar-refractivity contribution in [3.8, 4) is 5.75 Å². The first kappa shape index (κ1) is 15.2. The van der Waals surface area contributed by atoms with E-state index in [9.17, 15) is 14.9 Å². The number of hydrazine groups is 1. The van der Waals surface area contributed by atoms with Crippen LogP contribution in [0, 0.1) is 15.5 Å². The number of nitrogens with one attached hydrogen (secondary N) is 1. The van der Waals surface area contributed by atoms with Crippen LogP contribution in [-0.4, -0.2) is 17.4 Å². The van der Waals surface area contributed by atoms with Crippen LogP contribution >= 0.6 is 11.6 Å². The summed E-state index contributed by atoms with van der Waals surface area (Å²) in [5.41, 5.74) is 0.871. The summed E-state index contributed by atoms with van der Waals surface area (Å²) < 4.78 is 5.32. The normalized spacial score (nSPS) is 10.9. The summed E-state index contributed by atoms with van der Waals surface area (Å²) in [5.74, 6) is 4.62. The van der Waals surface area contributed by atoms with Crippen LogP contribution < -0.4 is 16.0 Å². The molecule has 0 aliphatic rings. The van der Waals surface area contributed by atoms with Gasteiger partial charge in [-0.2, -0.15) is 0 Å². The summed E-state index contributed by atoms with van der Waals surface area (Å²) in [5, 5.41) is 11.1. The highest BCUT2D eigenvalue weighted by Crippen LogP contribution is 2.31. The number of nitrogens with zero attached hydrogens (tertiary/aromatic N) is 1. The number of hydrogen-bond acceptors (Lipinski definition) is 5. The lowest BCUT2D eigenvalue weighted by Gasteiger charge is -2.22. The number of carbonyl (C=O) groups is 1. The van der Waals surface area contributed by atoms with Crippen LogP contribution in [-0.2, 0) is 4.79 Å². The number of ether oxygens (including phenoxy) is 1. The van der Waals surface area contributed by atoms with Crippen LogP contribution in [0.3, 0.4) is 0 Å². The summed E-state index contributed by atoms with van der Waals surface area (Å²) in [7, 11) is 0. The van der Waals surface area contributed by atoms with E-state index in [2.05, 4.69) is 0 Å². The minimum absolute atomic E-state index is 0.00963. The maximum Gasteiger partial charge on any atom is 0.311 e. The highest BCUT2D eigenvalue weighted by molar-refractivity contribution is 6.30. The Morgan fingerprint density at radius 2 is 2.21 bits per heavy atom. The molecule has 0 fully saturated rings. The second-order valence-electron chi connectivity index (χ2n) is 4.52. The molecule has 0 unspecified atom stereocenters. The third-order valence-corrected chi connectivity index (χ3v) is 2.69. The smallest absolute Gasteiger partial charge is 0.311 e. The Morgan fingerprint density at radius 1 is 1.58 bits per heavy atom. The molecule has 0 aromatic heterocycles. The quantitative estimate of drug-likeness (QED) is 0.370. The van der Waals surface area contributed by atoms with Gasteiger partial charge in [0.1, 0.15) is 6.61 Å². The van der Waals surface area contributed by atoms with Crippen molar-refractivity contribution in [3.63, 3.8) is 0 Å². The van der Waals surface area contributed by atoms with Crippen molar-refractivity contribution in [2.45, 2.75) is 13.8 Å². The fraction of sp³-hybridized carbons (Fsp3) is 0.364. The first-order valence-corrected chi connectivity index (χ1v) is 5.73. The molecule has 0 saturated carbocycles. The van der Waals surface area contributed by atoms with Gasteiger partial charge in [-0.1, -0.05) is 11.6 Å². The van der Waals surface area contributed by atoms with E-state index >= 15 is 0 Å². The first-order valence-electron chi connectivity index (χ1n) is 5.35. The molecule has 0 heterocycles. The first-order chi connectivity index (χ1) is 8.77. The Bertz CT molecular complexity index is 505. The number of halogens is 1. The zero-order chi connectivity index (χ0) is 14.6. The highest BCUT2D eigenvalue weighted by atomic mass is 35.5. The topological polar surface area (TPSA) is 107 Å². The van der Waals surface area contributed by atoms with Crippen molar-refractivity contribution in [3.05, 3.63) is 33.3 Å². The molecule has 0 radical (unpaired) electrons. The second kappa shape index (κ2) is 5.85. The molecule has 104 valence electrons. The van der Waals surface area contributed by atoms with E-state index in [1.54, 1.807) is 13.8 Å². The molecular weight excluding hydrogens is 274 g/mol. The maximum atomic E-state index is 11.5. The van der Waals surface area contributed by atoms with Gasteiger partial charge in [-0.15, -0.1) is 0 Å². The number of nitro benzene ring substituents is 1. The molecule has 1 amide bonds. The minimum atomic E-state index is -0.926. The molecule has 3 N–H and O–H groups in total. The second-order valence-corrected chi connectivity index (χ2v) is 4.95. The fourth-order valence-electron chi connectivity index (χ4n) is 1.27. The van der Waals surface area contributed by atoms with Crippen LogP contribution in [0.2, 0.25) is 5.02 Å². The predicted octanol–water partition coefficient (Wildman–Crippen LogP) is 1.64. The Balaban J connectivity index is 2.91. The number of rotatable bonds is 5. The summed E-state index contributed by atoms with van der Waals surface area (Å²) in [6.07, 6.45) is 0. The molecule has 1 aromatic rings. The molecule has 7 nitrogen and oxygen atoms in total. The van der Waals surface area contributed by atoms with Crippen molar-refractivity contribution in [1.82, 2.24) is 5.43 Å². The Kier molecular flexibility index (Phi) is 4.68. The van der Waals surface area contributed by atoms with Gasteiger partial charge in [0, 0.05) is 17.2 Å². The maximum absolute atomic E-state index is 11.5. The Morgan fingerprint density at radius 3 is 2.74 bits per heavy atom. The number of nitrogens with two attached hydrogens (primary N) is 1. The van der Waals surface area contributed by atoms with Crippen molar-refractivity contribution in [2.24, 2.45) is 11.3 Å². The van der Waals surface area contributed by atoms with Crippen molar-refractivity contribution >= 4 is 23.2 Å². The average Bonchev–Trinajstić information content (AvgIpc) is 2.35. The summed E-state index contributed by atoms with van der Waals surface area (Å²) in [6.45, 7) is 3.13. The van der Waals surface area contributed by atoms with Crippen LogP contribution in [0.25, 0.3) is 0 Å². The number of amides is 1. The Labute approximate surface area is 114 Å². The van der Waals surface area contributed by atoms with Crippen LogP contribution in [0.5, 0.6) is 5.75 Å². The summed E-state index contributed by atoms with van der Waals surface area (Å²) >= 11 is 5.76. The van der Waals surface area contributed by atoms with Gasteiger partial charge >= 0.3 is 5.69 Å². The summed E-state index contributed by atoms with van der Waals surface area (Å²) in [6, 6.07) is 3.97. The van der Waals surface area contributed by atoms with Crippen LogP contribution in [0.15, 0.2) is 18.2 Å².